The number of imidazole rings is 1. The highest BCUT2D eigenvalue weighted by molar-refractivity contribution is 5.83. The van der Waals surface area contributed by atoms with Gasteiger partial charge in [-0.2, -0.15) is 5.10 Å². The topological polar surface area (TPSA) is 64.7 Å². The van der Waals surface area contributed by atoms with Gasteiger partial charge in [-0.25, -0.2) is 4.98 Å². The minimum absolute atomic E-state index is 0.0324. The van der Waals surface area contributed by atoms with Gasteiger partial charge in [0, 0.05) is 30.2 Å². The lowest BCUT2D eigenvalue weighted by molar-refractivity contribution is -0.124. The predicted molar refractivity (Wildman–Crippen MR) is 98.3 cm³/mol. The number of carbonyl (C=O) groups is 1. The average Bonchev–Trinajstić information content (AvgIpc) is 3.24. The van der Waals surface area contributed by atoms with E-state index in [0.717, 1.165) is 29.0 Å². The summed E-state index contributed by atoms with van der Waals surface area (Å²) in [5.74, 6) is 1.16. The number of para-hydroxylation sites is 1. The fourth-order valence-electron chi connectivity index (χ4n) is 3.11. The molecular weight excluding hydrogens is 314 g/mol. The van der Waals surface area contributed by atoms with Gasteiger partial charge in [-0.1, -0.05) is 32.0 Å². The summed E-state index contributed by atoms with van der Waals surface area (Å²) in [5.41, 5.74) is 1.99. The Bertz CT molecular complexity index is 877. The van der Waals surface area contributed by atoms with Gasteiger partial charge in [-0.15, -0.1) is 0 Å². The zero-order valence-electron chi connectivity index (χ0n) is 15.2. The van der Waals surface area contributed by atoms with Gasteiger partial charge < -0.3 is 9.88 Å². The van der Waals surface area contributed by atoms with E-state index in [1.54, 1.807) is 6.20 Å². The van der Waals surface area contributed by atoms with Crippen molar-refractivity contribution in [1.82, 2.24) is 24.6 Å². The summed E-state index contributed by atoms with van der Waals surface area (Å²) in [7, 11) is 0. The van der Waals surface area contributed by atoms with Crippen LogP contribution in [0.15, 0.2) is 36.7 Å². The molecule has 0 spiro atoms. The first kappa shape index (κ1) is 17.2. The lowest BCUT2D eigenvalue weighted by Gasteiger charge is -2.17. The molecule has 0 aliphatic carbocycles. The molecule has 0 fully saturated rings. The van der Waals surface area contributed by atoms with Gasteiger partial charge >= 0.3 is 0 Å². The molecule has 0 aliphatic heterocycles. The second-order valence-corrected chi connectivity index (χ2v) is 6.52. The van der Waals surface area contributed by atoms with E-state index >= 15 is 0 Å². The highest BCUT2D eigenvalue weighted by atomic mass is 16.2. The number of hydrogen-bond donors (Lipinski definition) is 1. The Balaban J connectivity index is 1.75. The molecule has 1 amide bonds. The molecule has 1 aromatic carbocycles. The molecule has 0 saturated carbocycles. The van der Waals surface area contributed by atoms with Crippen LogP contribution in [0.4, 0.5) is 0 Å². The monoisotopic (exact) mass is 339 g/mol. The Kier molecular flexibility index (Phi) is 4.88. The van der Waals surface area contributed by atoms with Crippen LogP contribution in [-0.2, 0) is 17.9 Å². The first-order chi connectivity index (χ1) is 12.0. The van der Waals surface area contributed by atoms with Crippen LogP contribution in [0.5, 0.6) is 0 Å². The third-order valence-corrected chi connectivity index (χ3v) is 4.48. The van der Waals surface area contributed by atoms with Gasteiger partial charge in [-0.3, -0.25) is 9.48 Å². The quantitative estimate of drug-likeness (QED) is 0.750. The van der Waals surface area contributed by atoms with E-state index < -0.39 is 0 Å². The maximum Gasteiger partial charge on any atom is 0.243 e. The number of benzene rings is 1. The van der Waals surface area contributed by atoms with Crippen molar-refractivity contribution in [1.29, 1.82) is 0 Å². The molecule has 0 bridgehead atoms. The van der Waals surface area contributed by atoms with Crippen molar-refractivity contribution >= 4 is 16.8 Å². The smallest absolute Gasteiger partial charge is 0.243 e. The molecule has 25 heavy (non-hydrogen) atoms. The van der Waals surface area contributed by atoms with Crippen LogP contribution in [0.3, 0.4) is 0 Å². The second-order valence-electron chi connectivity index (χ2n) is 6.52. The average molecular weight is 339 g/mol. The Morgan fingerprint density at radius 2 is 2.00 bits per heavy atom. The number of amides is 1. The molecule has 1 N–H and O–H groups in total. The first-order valence-electron chi connectivity index (χ1n) is 8.77. The summed E-state index contributed by atoms with van der Waals surface area (Å²) in [4.78, 5) is 17.0. The normalized spacial score (nSPS) is 12.7. The summed E-state index contributed by atoms with van der Waals surface area (Å²) in [6.45, 7) is 9.34. The van der Waals surface area contributed by atoms with Crippen molar-refractivity contribution < 1.29 is 4.79 Å². The third-order valence-electron chi connectivity index (χ3n) is 4.48. The van der Waals surface area contributed by atoms with Crippen molar-refractivity contribution in [3.8, 4) is 0 Å². The first-order valence-corrected chi connectivity index (χ1v) is 8.77. The zero-order chi connectivity index (χ0) is 18.0. The molecule has 3 rings (SSSR count). The minimum atomic E-state index is -0.306. The summed E-state index contributed by atoms with van der Waals surface area (Å²) in [5, 5.41) is 8.74. The molecule has 3 aromatic rings. The third kappa shape index (κ3) is 3.29. The molecule has 1 unspecified atom stereocenters. The number of aryl methyl sites for hydroxylation is 1. The van der Waals surface area contributed by atoms with Gasteiger partial charge in [0.25, 0.3) is 0 Å². The predicted octanol–water partition coefficient (Wildman–Crippen LogP) is 3.25. The SMILES string of the molecule is CCn1nc(CNC(=O)C(C)n2ccnc2C(C)C)c2ccccc21. The summed E-state index contributed by atoms with van der Waals surface area (Å²) in [6, 6.07) is 7.80. The van der Waals surface area contributed by atoms with Gasteiger partial charge in [-0.05, 0) is 19.9 Å². The van der Waals surface area contributed by atoms with E-state index in [9.17, 15) is 4.79 Å². The highest BCUT2D eigenvalue weighted by Gasteiger charge is 2.19. The fourth-order valence-corrected chi connectivity index (χ4v) is 3.11. The molecule has 0 radical (unpaired) electrons. The number of fused-ring (bicyclic) bond motifs is 1. The van der Waals surface area contributed by atoms with Crippen LogP contribution in [0.2, 0.25) is 0 Å². The summed E-state index contributed by atoms with van der Waals surface area (Å²) >= 11 is 0. The Morgan fingerprint density at radius 3 is 2.72 bits per heavy atom. The Morgan fingerprint density at radius 1 is 1.24 bits per heavy atom. The lowest BCUT2D eigenvalue weighted by Crippen LogP contribution is -2.31. The summed E-state index contributed by atoms with van der Waals surface area (Å²) < 4.78 is 3.90. The zero-order valence-corrected chi connectivity index (χ0v) is 15.2. The van der Waals surface area contributed by atoms with Crippen molar-refractivity contribution in [3.05, 3.63) is 48.2 Å². The Hall–Kier alpha value is -2.63. The van der Waals surface area contributed by atoms with Crippen LogP contribution in [-0.4, -0.2) is 25.2 Å². The largest absolute Gasteiger partial charge is 0.349 e. The minimum Gasteiger partial charge on any atom is -0.349 e. The van der Waals surface area contributed by atoms with Crippen molar-refractivity contribution in [2.24, 2.45) is 0 Å². The van der Waals surface area contributed by atoms with Gasteiger partial charge in [0.05, 0.1) is 17.8 Å². The van der Waals surface area contributed by atoms with Crippen molar-refractivity contribution in [3.63, 3.8) is 0 Å². The number of rotatable bonds is 6. The van der Waals surface area contributed by atoms with E-state index in [4.69, 9.17) is 0 Å². The van der Waals surface area contributed by atoms with Crippen LogP contribution < -0.4 is 5.32 Å². The molecular formula is C19H25N5O. The molecule has 6 nitrogen and oxygen atoms in total. The van der Waals surface area contributed by atoms with E-state index in [2.05, 4.69) is 42.2 Å². The van der Waals surface area contributed by atoms with E-state index in [-0.39, 0.29) is 17.9 Å². The van der Waals surface area contributed by atoms with Crippen molar-refractivity contribution in [2.75, 3.05) is 0 Å². The number of aromatic nitrogens is 4. The van der Waals surface area contributed by atoms with Crippen LogP contribution in [0, 0.1) is 0 Å². The second kappa shape index (κ2) is 7.09. The van der Waals surface area contributed by atoms with Gasteiger partial charge in [0.2, 0.25) is 5.91 Å². The molecule has 132 valence electrons. The molecule has 0 aliphatic rings. The van der Waals surface area contributed by atoms with Crippen molar-refractivity contribution in [2.45, 2.75) is 52.7 Å². The molecule has 6 heteroatoms. The standard InChI is InChI=1S/C19H25N5O/c1-5-24-17-9-7-6-8-15(17)16(22-24)12-21-19(25)14(4)23-11-10-20-18(23)13(2)3/h6-11,13-14H,5,12H2,1-4H3,(H,21,25). The molecule has 1 atom stereocenters. The molecule has 2 aromatic heterocycles. The van der Waals surface area contributed by atoms with Gasteiger partial charge in [0.1, 0.15) is 11.9 Å². The van der Waals surface area contributed by atoms with Crippen LogP contribution >= 0.6 is 0 Å². The Labute approximate surface area is 147 Å². The molecule has 0 saturated heterocycles. The maximum atomic E-state index is 12.6. The van der Waals surface area contributed by atoms with Crippen LogP contribution in [0.25, 0.3) is 10.9 Å². The van der Waals surface area contributed by atoms with Gasteiger partial charge in [0.15, 0.2) is 0 Å². The lowest BCUT2D eigenvalue weighted by atomic mass is 10.2. The maximum absolute atomic E-state index is 12.6. The number of carbonyl (C=O) groups excluding carboxylic acids is 1. The molecule has 2 heterocycles. The number of hydrogen-bond acceptors (Lipinski definition) is 3. The highest BCUT2D eigenvalue weighted by Crippen LogP contribution is 2.20. The van der Waals surface area contributed by atoms with Crippen LogP contribution in [0.1, 0.15) is 51.2 Å². The van der Waals surface area contributed by atoms with E-state index in [0.29, 0.717) is 6.54 Å². The van der Waals surface area contributed by atoms with E-state index in [1.165, 1.54) is 0 Å². The summed E-state index contributed by atoms with van der Waals surface area (Å²) in [6.07, 6.45) is 3.61. The number of nitrogens with one attached hydrogen (secondary N) is 1. The number of nitrogens with zero attached hydrogens (tertiary/aromatic N) is 4. The van der Waals surface area contributed by atoms with E-state index in [1.807, 2.05) is 40.6 Å². The fraction of sp³-hybridized carbons (Fsp3) is 0.421.